The van der Waals surface area contributed by atoms with Crippen LogP contribution in [0.1, 0.15) is 29.6 Å². The Morgan fingerprint density at radius 1 is 1.00 bits per heavy atom. The monoisotopic (exact) mass is 462 g/mol. The third-order valence-corrected chi connectivity index (χ3v) is 6.52. The second kappa shape index (κ2) is 10.5. The molecule has 1 aliphatic heterocycles. The Kier molecular flexibility index (Phi) is 7.98. The number of carbonyl (C=O) groups excluding carboxylic acids is 2. The van der Waals surface area contributed by atoms with Gasteiger partial charge < -0.3 is 9.64 Å². The number of hydrogen-bond acceptors (Lipinski definition) is 5. The lowest BCUT2D eigenvalue weighted by Gasteiger charge is -2.42. The van der Waals surface area contributed by atoms with E-state index >= 15 is 0 Å². The molecule has 0 spiro atoms. The standard InChI is InChI=1S/C24H27ClN2O3.ClH/c1-30-22-8-3-2-6-20(22)26-13-15-27(16-14-26)21-7-4-5-19(24(21)29)23(28)17-9-11-18(25)12-10-17;/h2-3,6,8-12,19,21H,4-5,7,13-16H2,1H3;1H. The van der Waals surface area contributed by atoms with Gasteiger partial charge in [-0.15, -0.1) is 12.4 Å². The van der Waals surface area contributed by atoms with E-state index in [0.29, 0.717) is 17.0 Å². The van der Waals surface area contributed by atoms with E-state index in [1.807, 2.05) is 18.2 Å². The average Bonchev–Trinajstić information content (AvgIpc) is 2.79. The number of piperazine rings is 1. The molecular formula is C24H28Cl2N2O3. The predicted molar refractivity (Wildman–Crippen MR) is 126 cm³/mol. The van der Waals surface area contributed by atoms with Crippen LogP contribution in [0.5, 0.6) is 5.75 Å². The van der Waals surface area contributed by atoms with Crippen LogP contribution in [0.2, 0.25) is 5.02 Å². The molecule has 2 fully saturated rings. The van der Waals surface area contributed by atoms with E-state index in [1.54, 1.807) is 31.4 Å². The lowest BCUT2D eigenvalue weighted by atomic mass is 9.79. The van der Waals surface area contributed by atoms with Gasteiger partial charge in [-0.1, -0.05) is 30.2 Å². The molecule has 2 unspecified atom stereocenters. The van der Waals surface area contributed by atoms with Gasteiger partial charge in [-0.3, -0.25) is 14.5 Å². The van der Waals surface area contributed by atoms with Crippen molar-refractivity contribution in [2.75, 3.05) is 38.2 Å². The minimum absolute atomic E-state index is 0. The number of Topliss-reactive ketones (excluding diaryl/α,β-unsaturated/α-hetero) is 2. The summed E-state index contributed by atoms with van der Waals surface area (Å²) in [4.78, 5) is 30.8. The van der Waals surface area contributed by atoms with E-state index in [9.17, 15) is 9.59 Å². The highest BCUT2D eigenvalue weighted by molar-refractivity contribution is 6.30. The van der Waals surface area contributed by atoms with Crippen molar-refractivity contribution in [1.82, 2.24) is 4.90 Å². The highest BCUT2D eigenvalue weighted by Gasteiger charge is 2.39. The fourth-order valence-electron chi connectivity index (χ4n) is 4.64. The number of halogens is 2. The van der Waals surface area contributed by atoms with Crippen molar-refractivity contribution in [3.63, 3.8) is 0 Å². The molecule has 0 radical (unpaired) electrons. The van der Waals surface area contributed by atoms with Crippen LogP contribution in [-0.2, 0) is 4.79 Å². The molecule has 1 saturated carbocycles. The number of benzene rings is 2. The van der Waals surface area contributed by atoms with Gasteiger partial charge in [0.1, 0.15) is 5.75 Å². The maximum absolute atomic E-state index is 13.2. The summed E-state index contributed by atoms with van der Waals surface area (Å²) in [5.41, 5.74) is 1.66. The molecule has 2 aromatic rings. The summed E-state index contributed by atoms with van der Waals surface area (Å²) in [5.74, 6) is 0.325. The zero-order valence-corrected chi connectivity index (χ0v) is 19.2. The number of methoxy groups -OCH3 is 1. The van der Waals surface area contributed by atoms with Crippen LogP contribution < -0.4 is 9.64 Å². The van der Waals surface area contributed by atoms with E-state index in [0.717, 1.165) is 50.5 Å². The van der Waals surface area contributed by atoms with E-state index in [4.69, 9.17) is 16.3 Å². The van der Waals surface area contributed by atoms with Crippen LogP contribution >= 0.6 is 24.0 Å². The van der Waals surface area contributed by atoms with Gasteiger partial charge in [0.15, 0.2) is 11.6 Å². The molecule has 0 bridgehead atoms. The van der Waals surface area contributed by atoms with Gasteiger partial charge >= 0.3 is 0 Å². The average molecular weight is 463 g/mol. The quantitative estimate of drug-likeness (QED) is 0.483. The van der Waals surface area contributed by atoms with Crippen LogP contribution in [0.25, 0.3) is 0 Å². The lowest BCUT2D eigenvalue weighted by Crippen LogP contribution is -2.55. The number of anilines is 1. The number of para-hydroxylation sites is 2. The summed E-state index contributed by atoms with van der Waals surface area (Å²) >= 11 is 5.93. The lowest BCUT2D eigenvalue weighted by molar-refractivity contribution is -0.129. The Morgan fingerprint density at radius 2 is 1.68 bits per heavy atom. The fourth-order valence-corrected chi connectivity index (χ4v) is 4.76. The maximum Gasteiger partial charge on any atom is 0.173 e. The third kappa shape index (κ3) is 5.05. The molecule has 0 amide bonds. The Bertz CT molecular complexity index is 911. The summed E-state index contributed by atoms with van der Waals surface area (Å²) in [6.07, 6.45) is 2.36. The number of nitrogens with zero attached hydrogens (tertiary/aromatic N) is 2. The first-order valence-electron chi connectivity index (χ1n) is 10.5. The van der Waals surface area contributed by atoms with Crippen LogP contribution in [0.3, 0.4) is 0 Å². The smallest absolute Gasteiger partial charge is 0.173 e. The molecule has 1 saturated heterocycles. The first-order chi connectivity index (χ1) is 14.6. The Hall–Kier alpha value is -2.08. The Labute approximate surface area is 194 Å². The number of ether oxygens (including phenoxy) is 1. The number of hydrogen-bond donors (Lipinski definition) is 0. The summed E-state index contributed by atoms with van der Waals surface area (Å²) in [6, 6.07) is 14.7. The van der Waals surface area contributed by atoms with Crippen molar-refractivity contribution in [2.45, 2.75) is 25.3 Å². The van der Waals surface area contributed by atoms with Gasteiger partial charge in [-0.25, -0.2) is 0 Å². The number of ketones is 2. The van der Waals surface area contributed by atoms with Crippen LogP contribution in [-0.4, -0.2) is 55.8 Å². The van der Waals surface area contributed by atoms with Crippen molar-refractivity contribution in [3.05, 3.63) is 59.1 Å². The summed E-state index contributed by atoms with van der Waals surface area (Å²) < 4.78 is 5.49. The topological polar surface area (TPSA) is 49.9 Å². The predicted octanol–water partition coefficient (Wildman–Crippen LogP) is 4.51. The zero-order valence-electron chi connectivity index (χ0n) is 17.6. The van der Waals surface area contributed by atoms with Gasteiger partial charge in [0.05, 0.1) is 24.8 Å². The maximum atomic E-state index is 13.2. The molecule has 2 aromatic carbocycles. The molecule has 1 heterocycles. The largest absolute Gasteiger partial charge is 0.495 e. The second-order valence-corrected chi connectivity index (χ2v) is 8.40. The van der Waals surface area contributed by atoms with Crippen molar-refractivity contribution in [3.8, 4) is 5.75 Å². The first kappa shape index (κ1) is 23.6. The molecule has 2 atom stereocenters. The summed E-state index contributed by atoms with van der Waals surface area (Å²) in [5, 5.41) is 0.590. The van der Waals surface area contributed by atoms with Crippen molar-refractivity contribution in [1.29, 1.82) is 0 Å². The van der Waals surface area contributed by atoms with E-state index in [-0.39, 0.29) is 30.0 Å². The molecule has 5 nitrogen and oxygen atoms in total. The van der Waals surface area contributed by atoms with Gasteiger partial charge in [0.25, 0.3) is 0 Å². The molecule has 1 aliphatic carbocycles. The SMILES string of the molecule is COc1ccccc1N1CCN(C2CCCC(C(=O)c3ccc(Cl)cc3)C2=O)CC1.Cl. The van der Waals surface area contributed by atoms with Gasteiger partial charge in [-0.05, 0) is 49.2 Å². The molecule has 4 rings (SSSR count). The molecule has 166 valence electrons. The molecule has 7 heteroatoms. The van der Waals surface area contributed by atoms with Crippen molar-refractivity contribution >= 4 is 41.3 Å². The Morgan fingerprint density at radius 3 is 2.35 bits per heavy atom. The fraction of sp³-hybridized carbons (Fsp3) is 0.417. The third-order valence-electron chi connectivity index (χ3n) is 6.27. The molecule has 0 N–H and O–H groups in total. The minimum atomic E-state index is -0.544. The van der Waals surface area contributed by atoms with Gasteiger partial charge in [-0.2, -0.15) is 0 Å². The Balaban J connectivity index is 0.00000272. The van der Waals surface area contributed by atoms with Crippen LogP contribution in [0.4, 0.5) is 5.69 Å². The summed E-state index contributed by atoms with van der Waals surface area (Å²) in [7, 11) is 1.69. The van der Waals surface area contributed by atoms with Crippen LogP contribution in [0.15, 0.2) is 48.5 Å². The number of rotatable bonds is 5. The highest BCUT2D eigenvalue weighted by atomic mass is 35.5. The van der Waals surface area contributed by atoms with Crippen molar-refractivity contribution in [2.24, 2.45) is 5.92 Å². The molecule has 31 heavy (non-hydrogen) atoms. The highest BCUT2D eigenvalue weighted by Crippen LogP contribution is 2.31. The molecule has 0 aromatic heterocycles. The normalized spacial score (nSPS) is 22.0. The minimum Gasteiger partial charge on any atom is -0.495 e. The van der Waals surface area contributed by atoms with Gasteiger partial charge in [0.2, 0.25) is 0 Å². The van der Waals surface area contributed by atoms with E-state index < -0.39 is 5.92 Å². The molecule has 2 aliphatic rings. The van der Waals surface area contributed by atoms with E-state index in [1.165, 1.54) is 0 Å². The second-order valence-electron chi connectivity index (χ2n) is 7.97. The van der Waals surface area contributed by atoms with E-state index in [2.05, 4.69) is 15.9 Å². The van der Waals surface area contributed by atoms with Crippen LogP contribution in [0, 0.1) is 5.92 Å². The van der Waals surface area contributed by atoms with Crippen molar-refractivity contribution < 1.29 is 14.3 Å². The number of carbonyl (C=O) groups is 2. The van der Waals surface area contributed by atoms with Gasteiger partial charge in [0, 0.05) is 36.8 Å². The first-order valence-corrected chi connectivity index (χ1v) is 10.9. The molecular weight excluding hydrogens is 435 g/mol. The summed E-state index contributed by atoms with van der Waals surface area (Å²) in [6.45, 7) is 3.27. The zero-order chi connectivity index (χ0) is 21.1.